The van der Waals surface area contributed by atoms with E-state index in [-0.39, 0.29) is 0 Å². The van der Waals surface area contributed by atoms with Gasteiger partial charge in [0.1, 0.15) is 0 Å². The number of aliphatic carboxylic acids is 2. The van der Waals surface area contributed by atoms with Crippen LogP contribution in [0.15, 0.2) is 12.2 Å². The highest BCUT2D eigenvalue weighted by Crippen LogP contribution is 2.26. The minimum absolute atomic E-state index is 0.480. The predicted molar refractivity (Wildman–Crippen MR) is 126 cm³/mol. The lowest BCUT2D eigenvalue weighted by molar-refractivity contribution is -0.154. The molecular formula is C26H48O4. The zero-order valence-electron chi connectivity index (χ0n) is 19.7. The third kappa shape index (κ3) is 16.5. The topological polar surface area (TPSA) is 74.6 Å². The number of hydrogen-bond donors (Lipinski definition) is 2. The van der Waals surface area contributed by atoms with Crippen molar-refractivity contribution >= 4 is 11.9 Å². The number of rotatable bonds is 22. The van der Waals surface area contributed by atoms with Crippen molar-refractivity contribution in [1.29, 1.82) is 0 Å². The second-order valence-electron chi connectivity index (χ2n) is 8.76. The Morgan fingerprint density at radius 3 is 1.30 bits per heavy atom. The van der Waals surface area contributed by atoms with E-state index in [1.54, 1.807) is 0 Å². The van der Waals surface area contributed by atoms with Crippen molar-refractivity contribution in [2.75, 3.05) is 0 Å². The molecule has 0 aromatic rings. The van der Waals surface area contributed by atoms with Crippen LogP contribution in [0.25, 0.3) is 0 Å². The first-order chi connectivity index (χ1) is 14.5. The van der Waals surface area contributed by atoms with Gasteiger partial charge in [-0.2, -0.15) is 0 Å². The van der Waals surface area contributed by atoms with Gasteiger partial charge in [0, 0.05) is 0 Å². The largest absolute Gasteiger partial charge is 0.481 e. The van der Waals surface area contributed by atoms with Gasteiger partial charge in [0.2, 0.25) is 0 Å². The Hall–Kier alpha value is -1.32. The highest BCUT2D eigenvalue weighted by atomic mass is 16.4. The SMILES string of the molecule is CCCCCCCC/C=C\CCCCCCC(C(=O)O)C(CCCCCC)C(=O)O. The van der Waals surface area contributed by atoms with E-state index in [9.17, 15) is 19.8 Å². The number of carbonyl (C=O) groups is 2. The molecule has 0 fully saturated rings. The van der Waals surface area contributed by atoms with E-state index in [2.05, 4.69) is 26.0 Å². The zero-order valence-corrected chi connectivity index (χ0v) is 19.7. The first-order valence-electron chi connectivity index (χ1n) is 12.6. The summed E-state index contributed by atoms with van der Waals surface area (Å²) in [7, 11) is 0. The van der Waals surface area contributed by atoms with Gasteiger partial charge < -0.3 is 10.2 Å². The molecule has 4 nitrogen and oxygen atoms in total. The molecule has 30 heavy (non-hydrogen) atoms. The fourth-order valence-corrected chi connectivity index (χ4v) is 4.04. The molecule has 0 aromatic carbocycles. The van der Waals surface area contributed by atoms with Crippen molar-refractivity contribution in [3.8, 4) is 0 Å². The molecule has 2 N–H and O–H groups in total. The predicted octanol–water partition coefficient (Wildman–Crippen LogP) is 8.01. The molecule has 0 saturated heterocycles. The molecule has 2 atom stereocenters. The fraction of sp³-hybridized carbons (Fsp3) is 0.846. The summed E-state index contributed by atoms with van der Waals surface area (Å²) in [6.45, 7) is 4.36. The van der Waals surface area contributed by atoms with Crippen LogP contribution >= 0.6 is 0 Å². The summed E-state index contributed by atoms with van der Waals surface area (Å²) in [5, 5.41) is 19.0. The summed E-state index contributed by atoms with van der Waals surface area (Å²) in [5.41, 5.74) is 0. The highest BCUT2D eigenvalue weighted by Gasteiger charge is 2.32. The summed E-state index contributed by atoms with van der Waals surface area (Å²) in [4.78, 5) is 23.2. The van der Waals surface area contributed by atoms with Crippen LogP contribution < -0.4 is 0 Å². The van der Waals surface area contributed by atoms with Crippen LogP contribution in [0.3, 0.4) is 0 Å². The summed E-state index contributed by atoms with van der Waals surface area (Å²) in [6.07, 6.45) is 23.8. The van der Waals surface area contributed by atoms with Crippen molar-refractivity contribution < 1.29 is 19.8 Å². The molecule has 0 heterocycles. The average molecular weight is 425 g/mol. The lowest BCUT2D eigenvalue weighted by Crippen LogP contribution is -2.30. The zero-order chi connectivity index (χ0) is 22.5. The van der Waals surface area contributed by atoms with Crippen LogP contribution in [-0.2, 0) is 9.59 Å². The second kappa shape index (κ2) is 20.9. The van der Waals surface area contributed by atoms with Gasteiger partial charge in [-0.3, -0.25) is 9.59 Å². The number of carboxylic acid groups (broad SMARTS) is 2. The molecule has 176 valence electrons. The van der Waals surface area contributed by atoms with Crippen LogP contribution in [0.5, 0.6) is 0 Å². The van der Waals surface area contributed by atoms with Crippen molar-refractivity contribution in [3.05, 3.63) is 12.2 Å². The van der Waals surface area contributed by atoms with Crippen molar-refractivity contribution in [2.24, 2.45) is 11.8 Å². The van der Waals surface area contributed by atoms with Crippen LogP contribution in [0, 0.1) is 11.8 Å². The van der Waals surface area contributed by atoms with Crippen LogP contribution in [0.1, 0.15) is 129 Å². The van der Waals surface area contributed by atoms with Crippen molar-refractivity contribution in [3.63, 3.8) is 0 Å². The molecule has 0 aliphatic rings. The molecule has 0 spiro atoms. The fourth-order valence-electron chi connectivity index (χ4n) is 4.04. The Kier molecular flexibility index (Phi) is 20.0. The minimum atomic E-state index is -0.950. The van der Waals surface area contributed by atoms with Gasteiger partial charge in [0.15, 0.2) is 0 Å². The van der Waals surface area contributed by atoms with Gasteiger partial charge in [-0.15, -0.1) is 0 Å². The maximum atomic E-state index is 11.6. The van der Waals surface area contributed by atoms with E-state index in [1.165, 1.54) is 44.9 Å². The van der Waals surface area contributed by atoms with E-state index >= 15 is 0 Å². The summed E-state index contributed by atoms with van der Waals surface area (Å²) in [5.74, 6) is -3.39. The summed E-state index contributed by atoms with van der Waals surface area (Å²) in [6, 6.07) is 0. The first kappa shape index (κ1) is 28.7. The van der Waals surface area contributed by atoms with Crippen LogP contribution in [0.2, 0.25) is 0 Å². The number of hydrogen-bond acceptors (Lipinski definition) is 2. The molecule has 2 unspecified atom stereocenters. The second-order valence-corrected chi connectivity index (χ2v) is 8.76. The van der Waals surface area contributed by atoms with Gasteiger partial charge in [-0.05, 0) is 38.5 Å². The smallest absolute Gasteiger partial charge is 0.307 e. The number of carboxylic acids is 2. The Morgan fingerprint density at radius 2 is 0.900 bits per heavy atom. The average Bonchev–Trinajstić information content (AvgIpc) is 2.71. The van der Waals surface area contributed by atoms with Gasteiger partial charge in [-0.25, -0.2) is 0 Å². The monoisotopic (exact) mass is 424 g/mol. The lowest BCUT2D eigenvalue weighted by Gasteiger charge is -2.20. The third-order valence-electron chi connectivity index (χ3n) is 6.02. The quantitative estimate of drug-likeness (QED) is 0.136. The van der Waals surface area contributed by atoms with Crippen molar-refractivity contribution in [1.82, 2.24) is 0 Å². The molecule has 0 aromatic heterocycles. The van der Waals surface area contributed by atoms with Gasteiger partial charge in [-0.1, -0.05) is 103 Å². The highest BCUT2D eigenvalue weighted by molar-refractivity contribution is 5.79. The lowest BCUT2D eigenvalue weighted by atomic mass is 9.84. The molecule has 0 amide bonds. The van der Waals surface area contributed by atoms with Crippen molar-refractivity contribution in [2.45, 2.75) is 129 Å². The molecule has 0 bridgehead atoms. The Bertz CT molecular complexity index is 444. The maximum Gasteiger partial charge on any atom is 0.307 e. The van der Waals surface area contributed by atoms with E-state index in [1.807, 2.05) is 0 Å². The maximum absolute atomic E-state index is 11.6. The van der Waals surface area contributed by atoms with Crippen LogP contribution in [-0.4, -0.2) is 22.2 Å². The molecule has 0 radical (unpaired) electrons. The van der Waals surface area contributed by atoms with Crippen LogP contribution in [0.4, 0.5) is 0 Å². The van der Waals surface area contributed by atoms with Gasteiger partial charge >= 0.3 is 11.9 Å². The Morgan fingerprint density at radius 1 is 0.567 bits per heavy atom. The van der Waals surface area contributed by atoms with E-state index in [0.717, 1.165) is 57.8 Å². The summed E-state index contributed by atoms with van der Waals surface area (Å²) >= 11 is 0. The standard InChI is InChI=1S/C26H48O4/c1-3-5-7-9-10-11-12-13-14-15-16-17-18-20-22-24(26(29)30)23(25(27)28)21-19-8-6-4-2/h13-14,23-24H,3-12,15-22H2,1-2H3,(H,27,28)(H,29,30)/b14-13-. The third-order valence-corrected chi connectivity index (χ3v) is 6.02. The summed E-state index contributed by atoms with van der Waals surface area (Å²) < 4.78 is 0. The number of unbranched alkanes of at least 4 members (excludes halogenated alkanes) is 13. The molecule has 0 rings (SSSR count). The first-order valence-corrected chi connectivity index (χ1v) is 12.6. The normalized spacial score (nSPS) is 13.5. The number of allylic oxidation sites excluding steroid dienone is 2. The molecular weight excluding hydrogens is 376 g/mol. The van der Waals surface area contributed by atoms with E-state index in [4.69, 9.17) is 0 Å². The Balaban J connectivity index is 3.90. The van der Waals surface area contributed by atoms with E-state index < -0.39 is 23.8 Å². The molecule has 0 aliphatic carbocycles. The molecule has 4 heteroatoms. The van der Waals surface area contributed by atoms with Gasteiger partial charge in [0.25, 0.3) is 0 Å². The molecule has 0 aliphatic heterocycles. The van der Waals surface area contributed by atoms with Gasteiger partial charge in [0.05, 0.1) is 11.8 Å². The minimum Gasteiger partial charge on any atom is -0.481 e. The Labute approximate surface area is 185 Å². The van der Waals surface area contributed by atoms with E-state index in [0.29, 0.717) is 12.8 Å². The molecule has 0 saturated carbocycles.